The summed E-state index contributed by atoms with van der Waals surface area (Å²) < 4.78 is 0. The van der Waals surface area contributed by atoms with Crippen LogP contribution in [0.5, 0.6) is 0 Å². The molecule has 0 fully saturated rings. The molecule has 0 aliphatic heterocycles. The van der Waals surface area contributed by atoms with Gasteiger partial charge >= 0.3 is 0 Å². The van der Waals surface area contributed by atoms with E-state index in [9.17, 15) is 0 Å². The number of unbranched alkanes of at least 4 members (excludes halogenated alkanes) is 1. The smallest absolute Gasteiger partial charge is 0.299 e. The quantitative estimate of drug-likeness (QED) is 0.141. The third-order valence-corrected chi connectivity index (χ3v) is 2.73. The van der Waals surface area contributed by atoms with Crippen LogP contribution < -0.4 is 70.2 Å². The second-order valence-electron chi connectivity index (χ2n) is 2.21. The number of hydrogen-bond donors (Lipinski definition) is 4. The lowest BCUT2D eigenvalue weighted by Gasteiger charge is -1.95. The van der Waals surface area contributed by atoms with Gasteiger partial charge in [0.05, 0.1) is 0 Å². The van der Waals surface area contributed by atoms with Crippen molar-refractivity contribution >= 4 is 33.9 Å². The number of nitrogens with two attached hydrogens (primary N) is 4. The van der Waals surface area contributed by atoms with E-state index in [2.05, 4.69) is 0 Å². The summed E-state index contributed by atoms with van der Waals surface area (Å²) >= 11 is 2.97. The molecule has 0 bridgehead atoms. The minimum absolute atomic E-state index is 0. The van der Waals surface area contributed by atoms with Gasteiger partial charge in [0, 0.05) is 11.5 Å². The van der Waals surface area contributed by atoms with Crippen molar-refractivity contribution in [1.82, 2.24) is 0 Å². The van der Waals surface area contributed by atoms with E-state index in [0.717, 1.165) is 24.3 Å². The third kappa shape index (κ3) is 18.8. The van der Waals surface area contributed by atoms with Gasteiger partial charge in [0.15, 0.2) is 0 Å². The summed E-state index contributed by atoms with van der Waals surface area (Å²) in [6.45, 7) is 0. The van der Waals surface area contributed by atoms with Gasteiger partial charge in [0.25, 0.3) is 10.3 Å². The molecule has 0 rings (SSSR count). The van der Waals surface area contributed by atoms with Gasteiger partial charge in [-0.05, 0) is 36.4 Å². The SMILES string of the molecule is NC(=[NH2+])SCCCCSC(N)=[NH2+].[I-].[I-]. The Balaban J connectivity index is -0.000000605. The van der Waals surface area contributed by atoms with Gasteiger partial charge in [-0.25, -0.2) is 0 Å². The minimum atomic E-state index is 0. The van der Waals surface area contributed by atoms with Crippen LogP contribution in [0.2, 0.25) is 0 Å². The minimum Gasteiger partial charge on any atom is -1.00 e. The van der Waals surface area contributed by atoms with Crippen LogP contribution in [0.25, 0.3) is 0 Å². The number of thioether (sulfide) groups is 2. The van der Waals surface area contributed by atoms with Gasteiger partial charge in [0.2, 0.25) is 0 Å². The molecule has 0 aromatic heterocycles. The fourth-order valence-corrected chi connectivity index (χ4v) is 1.75. The van der Waals surface area contributed by atoms with Crippen molar-refractivity contribution in [3.05, 3.63) is 0 Å². The van der Waals surface area contributed by atoms with E-state index in [1.807, 2.05) is 0 Å². The molecule has 0 radical (unpaired) electrons. The first kappa shape index (κ1) is 20.5. The molecule has 0 unspecified atom stereocenters. The zero-order valence-electron chi connectivity index (χ0n) is 7.71. The lowest BCUT2D eigenvalue weighted by atomic mass is 10.4. The van der Waals surface area contributed by atoms with Crippen molar-refractivity contribution in [1.29, 1.82) is 0 Å². The Morgan fingerprint density at radius 2 is 1.14 bits per heavy atom. The number of amidine groups is 2. The molecule has 86 valence electrons. The molecule has 8 N–H and O–H groups in total. The van der Waals surface area contributed by atoms with Crippen LogP contribution in [-0.2, 0) is 0 Å². The molecule has 14 heavy (non-hydrogen) atoms. The van der Waals surface area contributed by atoms with E-state index in [1.165, 1.54) is 23.5 Å². The molecule has 0 aromatic carbocycles. The molecule has 0 aromatic rings. The second-order valence-corrected chi connectivity index (χ2v) is 4.55. The van der Waals surface area contributed by atoms with E-state index in [4.69, 9.17) is 22.3 Å². The normalized spacial score (nSPS) is 8.29. The third-order valence-electron chi connectivity index (χ3n) is 1.08. The van der Waals surface area contributed by atoms with Gasteiger partial charge in [-0.1, -0.05) is 0 Å². The van der Waals surface area contributed by atoms with Crippen LogP contribution in [0.4, 0.5) is 0 Å². The molecular formula is C6H16I2N4S2. The highest BCUT2D eigenvalue weighted by molar-refractivity contribution is 8.13. The highest BCUT2D eigenvalue weighted by atomic mass is 127. The molecule has 0 heterocycles. The maximum absolute atomic E-state index is 5.26. The van der Waals surface area contributed by atoms with Gasteiger partial charge < -0.3 is 48.0 Å². The average molecular weight is 462 g/mol. The Morgan fingerprint density at radius 3 is 1.36 bits per heavy atom. The van der Waals surface area contributed by atoms with Crippen molar-refractivity contribution < 1.29 is 58.8 Å². The van der Waals surface area contributed by atoms with Crippen LogP contribution in [0.3, 0.4) is 0 Å². The van der Waals surface area contributed by atoms with Crippen LogP contribution in [0.15, 0.2) is 0 Å². The van der Waals surface area contributed by atoms with Crippen LogP contribution in [0, 0.1) is 0 Å². The van der Waals surface area contributed by atoms with Gasteiger partial charge in [-0.15, -0.1) is 0 Å². The predicted octanol–water partition coefficient (Wildman–Crippen LogP) is -8.61. The van der Waals surface area contributed by atoms with Crippen molar-refractivity contribution in [3.8, 4) is 0 Å². The highest BCUT2D eigenvalue weighted by Crippen LogP contribution is 2.06. The molecule has 4 nitrogen and oxygen atoms in total. The summed E-state index contributed by atoms with van der Waals surface area (Å²) in [7, 11) is 0. The molecule has 0 saturated carbocycles. The second kappa shape index (κ2) is 14.1. The molecule has 0 saturated heterocycles. The number of hydrogen-bond acceptors (Lipinski definition) is 2. The van der Waals surface area contributed by atoms with Gasteiger partial charge in [-0.2, -0.15) is 0 Å². The number of rotatable bonds is 5. The van der Waals surface area contributed by atoms with Crippen LogP contribution in [0.1, 0.15) is 12.8 Å². The first-order valence-corrected chi connectivity index (χ1v) is 5.61. The Hall–Kier alpha value is 1.10. The Kier molecular flexibility index (Phi) is 20.7. The molecule has 0 spiro atoms. The Labute approximate surface area is 127 Å². The lowest BCUT2D eigenvalue weighted by Crippen LogP contribution is -3.00. The van der Waals surface area contributed by atoms with E-state index >= 15 is 0 Å². The summed E-state index contributed by atoms with van der Waals surface area (Å²) in [4.78, 5) is 0. The standard InChI is InChI=1S/C6H14N4S2.2HI/c7-5(8)11-3-1-2-4-12-6(9)10;;/h1-4H2,(H3,7,8)(H3,9,10);2*1H. The largest absolute Gasteiger partial charge is 1.00 e. The fourth-order valence-electron chi connectivity index (χ4n) is 0.584. The summed E-state index contributed by atoms with van der Waals surface area (Å²) in [6, 6.07) is 0. The monoisotopic (exact) mass is 462 g/mol. The maximum atomic E-state index is 5.26. The first-order chi connectivity index (χ1) is 5.63. The highest BCUT2D eigenvalue weighted by Gasteiger charge is 1.98. The van der Waals surface area contributed by atoms with Crippen LogP contribution in [-0.4, -0.2) is 21.8 Å². The van der Waals surface area contributed by atoms with Crippen molar-refractivity contribution in [2.45, 2.75) is 12.8 Å². The van der Waals surface area contributed by atoms with E-state index in [-0.39, 0.29) is 48.0 Å². The Morgan fingerprint density at radius 1 is 0.857 bits per heavy atom. The molecule has 8 heteroatoms. The topological polar surface area (TPSA) is 103 Å². The molecule has 0 aliphatic rings. The first-order valence-electron chi connectivity index (χ1n) is 3.64. The molecule has 0 amide bonds. The molecule has 0 aliphatic carbocycles. The predicted molar refractivity (Wildman–Crippen MR) is 56.4 cm³/mol. The fraction of sp³-hybridized carbons (Fsp3) is 0.667. The Bertz CT molecular complexity index is 150. The van der Waals surface area contributed by atoms with Gasteiger partial charge in [0.1, 0.15) is 0 Å². The maximum Gasteiger partial charge on any atom is 0.299 e. The summed E-state index contributed by atoms with van der Waals surface area (Å²) in [5.74, 6) is 1.93. The van der Waals surface area contributed by atoms with E-state index < -0.39 is 0 Å². The van der Waals surface area contributed by atoms with Crippen molar-refractivity contribution in [2.75, 3.05) is 11.5 Å². The molecular weight excluding hydrogens is 446 g/mol. The average Bonchev–Trinajstić information content (AvgIpc) is 1.95. The zero-order valence-corrected chi connectivity index (χ0v) is 13.7. The van der Waals surface area contributed by atoms with E-state index in [0.29, 0.717) is 10.3 Å². The lowest BCUT2D eigenvalue weighted by molar-refractivity contribution is -0.110. The van der Waals surface area contributed by atoms with Crippen LogP contribution >= 0.6 is 23.5 Å². The summed E-state index contributed by atoms with van der Waals surface area (Å²) in [5.41, 5.74) is 10.5. The summed E-state index contributed by atoms with van der Waals surface area (Å²) in [5, 5.41) is 11.4. The number of halogens is 2. The van der Waals surface area contributed by atoms with Crippen molar-refractivity contribution in [3.63, 3.8) is 0 Å². The molecule has 0 atom stereocenters. The zero-order chi connectivity index (χ0) is 9.40. The van der Waals surface area contributed by atoms with E-state index in [1.54, 1.807) is 0 Å². The van der Waals surface area contributed by atoms with Crippen molar-refractivity contribution in [2.24, 2.45) is 11.5 Å². The summed E-state index contributed by atoms with van der Waals surface area (Å²) in [6.07, 6.45) is 2.17. The van der Waals surface area contributed by atoms with Gasteiger partial charge in [-0.3, -0.25) is 22.3 Å².